The van der Waals surface area contributed by atoms with E-state index in [4.69, 9.17) is 0 Å². The average Bonchev–Trinajstić information content (AvgIpc) is 2.41. The summed E-state index contributed by atoms with van der Waals surface area (Å²) in [5.41, 5.74) is 4.13. The molecule has 2 rings (SSSR count). The van der Waals surface area contributed by atoms with Gasteiger partial charge in [0.1, 0.15) is 0 Å². The van der Waals surface area contributed by atoms with Gasteiger partial charge in [0.2, 0.25) is 5.91 Å². The second-order valence-electron chi connectivity index (χ2n) is 4.55. The number of rotatable bonds is 3. The van der Waals surface area contributed by atoms with E-state index in [1.807, 2.05) is 56.3 Å². The van der Waals surface area contributed by atoms with Gasteiger partial charge in [-0.25, -0.2) is 0 Å². The molecule has 0 spiro atoms. The van der Waals surface area contributed by atoms with E-state index < -0.39 is 0 Å². The van der Waals surface area contributed by atoms with E-state index in [9.17, 15) is 4.79 Å². The Kier molecular flexibility index (Phi) is 4.14. The van der Waals surface area contributed by atoms with Gasteiger partial charge in [-0.3, -0.25) is 4.79 Å². The number of benzene rings is 2. The third kappa shape index (κ3) is 3.81. The van der Waals surface area contributed by atoms with Crippen molar-refractivity contribution >= 4 is 17.7 Å². The fraction of sp³-hybridized carbons (Fsp3) is 0.118. The molecule has 0 saturated carbocycles. The first-order chi connectivity index (χ1) is 9.15. The van der Waals surface area contributed by atoms with Gasteiger partial charge in [0.25, 0.3) is 0 Å². The Morgan fingerprint density at radius 2 is 1.79 bits per heavy atom. The smallest absolute Gasteiger partial charge is 0.248 e. The number of carbonyl (C=O) groups is 1. The molecule has 0 fully saturated rings. The van der Waals surface area contributed by atoms with E-state index >= 15 is 0 Å². The summed E-state index contributed by atoms with van der Waals surface area (Å²) in [6.07, 6.45) is 3.35. The minimum Gasteiger partial charge on any atom is -0.322 e. The van der Waals surface area contributed by atoms with Crippen molar-refractivity contribution in [2.24, 2.45) is 0 Å². The zero-order valence-electron chi connectivity index (χ0n) is 11.2. The van der Waals surface area contributed by atoms with E-state index in [-0.39, 0.29) is 5.91 Å². The maximum absolute atomic E-state index is 11.8. The lowest BCUT2D eigenvalue weighted by Crippen LogP contribution is -2.08. The van der Waals surface area contributed by atoms with E-state index in [1.165, 1.54) is 5.56 Å². The zero-order valence-corrected chi connectivity index (χ0v) is 11.2. The Morgan fingerprint density at radius 3 is 2.47 bits per heavy atom. The van der Waals surface area contributed by atoms with Crippen LogP contribution in [-0.2, 0) is 4.79 Å². The highest BCUT2D eigenvalue weighted by Gasteiger charge is 2.01. The highest BCUT2D eigenvalue weighted by molar-refractivity contribution is 6.02. The average molecular weight is 251 g/mol. The summed E-state index contributed by atoms with van der Waals surface area (Å²) >= 11 is 0. The molecule has 0 aliphatic carbocycles. The van der Waals surface area contributed by atoms with Crippen molar-refractivity contribution in [2.75, 3.05) is 5.32 Å². The highest BCUT2D eigenvalue weighted by atomic mass is 16.1. The summed E-state index contributed by atoms with van der Waals surface area (Å²) < 4.78 is 0. The van der Waals surface area contributed by atoms with Crippen molar-refractivity contribution in [3.8, 4) is 0 Å². The SMILES string of the molecule is Cc1ccc(NC(=O)/C=C\c2ccccc2)c(C)c1. The zero-order chi connectivity index (χ0) is 13.7. The molecule has 0 unspecified atom stereocenters. The molecular weight excluding hydrogens is 234 g/mol. The Balaban J connectivity index is 2.04. The highest BCUT2D eigenvalue weighted by Crippen LogP contribution is 2.16. The molecule has 0 bridgehead atoms. The van der Waals surface area contributed by atoms with Gasteiger partial charge in [0, 0.05) is 11.8 Å². The molecule has 2 heteroatoms. The first kappa shape index (κ1) is 13.1. The van der Waals surface area contributed by atoms with Gasteiger partial charge < -0.3 is 5.32 Å². The number of aryl methyl sites for hydroxylation is 2. The fourth-order valence-electron chi connectivity index (χ4n) is 1.86. The lowest BCUT2D eigenvalue weighted by molar-refractivity contribution is -0.111. The van der Waals surface area contributed by atoms with Gasteiger partial charge >= 0.3 is 0 Å². The van der Waals surface area contributed by atoms with Gasteiger partial charge in [0.05, 0.1) is 0 Å². The number of hydrogen-bond donors (Lipinski definition) is 1. The third-order valence-corrected chi connectivity index (χ3v) is 2.87. The van der Waals surface area contributed by atoms with E-state index in [0.717, 1.165) is 16.8 Å². The molecule has 2 aromatic carbocycles. The topological polar surface area (TPSA) is 29.1 Å². The predicted octanol–water partition coefficient (Wildman–Crippen LogP) is 3.96. The summed E-state index contributed by atoms with van der Waals surface area (Å²) in [6, 6.07) is 15.7. The van der Waals surface area contributed by atoms with Crippen LogP contribution in [0, 0.1) is 13.8 Å². The number of amides is 1. The summed E-state index contributed by atoms with van der Waals surface area (Å²) in [7, 11) is 0. The van der Waals surface area contributed by atoms with Gasteiger partial charge in [-0.15, -0.1) is 0 Å². The van der Waals surface area contributed by atoms with Crippen molar-refractivity contribution in [3.05, 3.63) is 71.3 Å². The summed E-state index contributed by atoms with van der Waals surface area (Å²) in [5, 5.41) is 2.88. The third-order valence-electron chi connectivity index (χ3n) is 2.87. The molecular formula is C17H17NO. The van der Waals surface area contributed by atoms with E-state index in [1.54, 1.807) is 12.2 Å². The van der Waals surface area contributed by atoms with Gasteiger partial charge in [0.15, 0.2) is 0 Å². The molecule has 0 aromatic heterocycles. The second kappa shape index (κ2) is 6.01. The van der Waals surface area contributed by atoms with Crippen LogP contribution in [0.5, 0.6) is 0 Å². The molecule has 0 aliphatic rings. The molecule has 19 heavy (non-hydrogen) atoms. The molecule has 0 atom stereocenters. The Labute approximate surface area is 113 Å². The molecule has 2 nitrogen and oxygen atoms in total. The quantitative estimate of drug-likeness (QED) is 0.822. The molecule has 2 aromatic rings. The summed E-state index contributed by atoms with van der Waals surface area (Å²) in [4.78, 5) is 11.8. The lowest BCUT2D eigenvalue weighted by atomic mass is 10.1. The van der Waals surface area contributed by atoms with Crippen LogP contribution in [0.15, 0.2) is 54.6 Å². The van der Waals surface area contributed by atoms with Crippen molar-refractivity contribution in [2.45, 2.75) is 13.8 Å². The molecule has 0 aliphatic heterocycles. The summed E-state index contributed by atoms with van der Waals surface area (Å²) in [6.45, 7) is 4.03. The number of hydrogen-bond acceptors (Lipinski definition) is 1. The van der Waals surface area contributed by atoms with Crippen LogP contribution < -0.4 is 5.32 Å². The van der Waals surface area contributed by atoms with E-state index in [0.29, 0.717) is 0 Å². The largest absolute Gasteiger partial charge is 0.322 e. The molecule has 1 amide bonds. The fourth-order valence-corrected chi connectivity index (χ4v) is 1.86. The maximum atomic E-state index is 11.8. The second-order valence-corrected chi connectivity index (χ2v) is 4.55. The Bertz CT molecular complexity index is 600. The van der Waals surface area contributed by atoms with Crippen LogP contribution in [0.1, 0.15) is 16.7 Å². The van der Waals surface area contributed by atoms with Crippen LogP contribution in [0.3, 0.4) is 0 Å². The van der Waals surface area contributed by atoms with Crippen LogP contribution in [0.2, 0.25) is 0 Å². The lowest BCUT2D eigenvalue weighted by Gasteiger charge is -2.06. The molecule has 0 radical (unpaired) electrons. The normalized spacial score (nSPS) is 10.6. The van der Waals surface area contributed by atoms with Crippen LogP contribution >= 0.6 is 0 Å². The molecule has 96 valence electrons. The van der Waals surface area contributed by atoms with Gasteiger partial charge in [-0.1, -0.05) is 48.0 Å². The minimum absolute atomic E-state index is 0.115. The van der Waals surface area contributed by atoms with Crippen LogP contribution in [0.4, 0.5) is 5.69 Å². The maximum Gasteiger partial charge on any atom is 0.248 e. The van der Waals surface area contributed by atoms with Gasteiger partial charge in [-0.2, -0.15) is 0 Å². The monoisotopic (exact) mass is 251 g/mol. The first-order valence-electron chi connectivity index (χ1n) is 6.26. The van der Waals surface area contributed by atoms with Crippen LogP contribution in [-0.4, -0.2) is 5.91 Å². The van der Waals surface area contributed by atoms with Crippen molar-refractivity contribution in [1.29, 1.82) is 0 Å². The number of nitrogens with one attached hydrogen (secondary N) is 1. The molecule has 0 heterocycles. The van der Waals surface area contributed by atoms with Crippen molar-refractivity contribution in [3.63, 3.8) is 0 Å². The number of carbonyl (C=O) groups excluding carboxylic acids is 1. The minimum atomic E-state index is -0.115. The van der Waals surface area contributed by atoms with E-state index in [2.05, 4.69) is 11.4 Å². The predicted molar refractivity (Wildman–Crippen MR) is 80.0 cm³/mol. The van der Waals surface area contributed by atoms with Crippen molar-refractivity contribution < 1.29 is 4.79 Å². The number of anilines is 1. The van der Waals surface area contributed by atoms with Gasteiger partial charge in [-0.05, 0) is 37.1 Å². The first-order valence-corrected chi connectivity index (χ1v) is 6.26. The Morgan fingerprint density at radius 1 is 1.05 bits per heavy atom. The summed E-state index contributed by atoms with van der Waals surface area (Å²) in [5.74, 6) is -0.115. The standard InChI is InChI=1S/C17H17NO/c1-13-8-10-16(14(2)12-13)18-17(19)11-9-15-6-4-3-5-7-15/h3-12H,1-2H3,(H,18,19)/b11-9-. The van der Waals surface area contributed by atoms with Crippen molar-refractivity contribution in [1.82, 2.24) is 0 Å². The van der Waals surface area contributed by atoms with Crippen LogP contribution in [0.25, 0.3) is 6.08 Å². The Hall–Kier alpha value is -2.35. The molecule has 1 N–H and O–H groups in total. The molecule has 0 saturated heterocycles.